The van der Waals surface area contributed by atoms with Gasteiger partial charge in [0.15, 0.2) is 0 Å². The van der Waals surface area contributed by atoms with E-state index in [1.165, 1.54) is 0 Å². The van der Waals surface area contributed by atoms with Crippen LogP contribution < -0.4 is 10.6 Å². The van der Waals surface area contributed by atoms with Gasteiger partial charge in [-0.2, -0.15) is 0 Å². The number of imidazole rings is 1. The van der Waals surface area contributed by atoms with E-state index >= 15 is 0 Å². The Morgan fingerprint density at radius 2 is 2.29 bits per heavy atom. The molecule has 17 heavy (non-hydrogen) atoms. The first-order valence-corrected chi connectivity index (χ1v) is 5.29. The monoisotopic (exact) mass is 240 g/mol. The highest BCUT2D eigenvalue weighted by Crippen LogP contribution is 1.98. The van der Waals surface area contributed by atoms with Crippen LogP contribution in [0.1, 0.15) is 19.2 Å². The number of amides is 2. The molecule has 4 N–H and O–H groups in total. The summed E-state index contributed by atoms with van der Waals surface area (Å²) >= 11 is 0. The predicted octanol–water partition coefficient (Wildman–Crippen LogP) is 0.320. The number of hydrogen-bond acceptors (Lipinski definition) is 3. The minimum atomic E-state index is -0.865. The van der Waals surface area contributed by atoms with Gasteiger partial charge < -0.3 is 20.7 Å². The fraction of sp³-hybridized carbons (Fsp3) is 0.500. The molecular weight excluding hydrogens is 224 g/mol. The molecular formula is C10H16N4O3. The van der Waals surface area contributed by atoms with Crippen molar-refractivity contribution >= 4 is 12.0 Å². The first kappa shape index (κ1) is 13.0. The van der Waals surface area contributed by atoms with Crippen molar-refractivity contribution in [1.82, 2.24) is 20.6 Å². The van der Waals surface area contributed by atoms with Gasteiger partial charge in [0, 0.05) is 25.4 Å². The molecule has 0 spiro atoms. The Morgan fingerprint density at radius 3 is 2.88 bits per heavy atom. The van der Waals surface area contributed by atoms with Crippen molar-refractivity contribution in [2.24, 2.45) is 5.92 Å². The zero-order chi connectivity index (χ0) is 12.7. The first-order valence-electron chi connectivity index (χ1n) is 5.29. The van der Waals surface area contributed by atoms with Gasteiger partial charge in [-0.3, -0.25) is 4.79 Å². The number of carboxylic acid groups (broad SMARTS) is 1. The van der Waals surface area contributed by atoms with Crippen molar-refractivity contribution in [2.45, 2.75) is 19.9 Å². The molecule has 0 aliphatic rings. The molecule has 7 heteroatoms. The number of nitrogens with zero attached hydrogens (tertiary/aromatic N) is 1. The van der Waals surface area contributed by atoms with Crippen molar-refractivity contribution < 1.29 is 14.7 Å². The SMILES string of the molecule is CC(CNC(=O)NCc1ncc[nH]1)CC(=O)O. The number of nitrogens with one attached hydrogen (secondary N) is 3. The van der Waals surface area contributed by atoms with Crippen LogP contribution >= 0.6 is 0 Å². The van der Waals surface area contributed by atoms with Crippen LogP contribution in [0.3, 0.4) is 0 Å². The predicted molar refractivity (Wildman–Crippen MR) is 60.2 cm³/mol. The van der Waals surface area contributed by atoms with E-state index in [1.54, 1.807) is 19.3 Å². The second-order valence-corrected chi connectivity index (χ2v) is 3.80. The van der Waals surface area contributed by atoms with Gasteiger partial charge in [-0.25, -0.2) is 9.78 Å². The first-order chi connectivity index (χ1) is 8.08. The Labute approximate surface area is 98.6 Å². The highest BCUT2D eigenvalue weighted by Gasteiger charge is 2.09. The molecule has 0 saturated carbocycles. The number of urea groups is 1. The number of H-pyrrole nitrogens is 1. The van der Waals surface area contributed by atoms with E-state index in [-0.39, 0.29) is 18.4 Å². The topological polar surface area (TPSA) is 107 Å². The van der Waals surface area contributed by atoms with E-state index < -0.39 is 5.97 Å². The summed E-state index contributed by atoms with van der Waals surface area (Å²) in [5, 5.41) is 13.7. The number of carboxylic acids is 1. The Hall–Kier alpha value is -2.05. The van der Waals surface area contributed by atoms with Crippen molar-refractivity contribution in [2.75, 3.05) is 6.54 Å². The maximum Gasteiger partial charge on any atom is 0.315 e. The van der Waals surface area contributed by atoms with E-state index in [4.69, 9.17) is 5.11 Å². The van der Waals surface area contributed by atoms with Gasteiger partial charge in [-0.1, -0.05) is 6.92 Å². The normalized spacial score (nSPS) is 11.8. The number of aliphatic carboxylic acids is 1. The number of aromatic nitrogens is 2. The summed E-state index contributed by atoms with van der Waals surface area (Å²) in [5.74, 6) is -0.295. The fourth-order valence-corrected chi connectivity index (χ4v) is 1.26. The Morgan fingerprint density at radius 1 is 1.53 bits per heavy atom. The van der Waals surface area contributed by atoms with Crippen molar-refractivity contribution in [1.29, 1.82) is 0 Å². The van der Waals surface area contributed by atoms with Gasteiger partial charge >= 0.3 is 12.0 Å². The summed E-state index contributed by atoms with van der Waals surface area (Å²) in [4.78, 5) is 28.5. The second-order valence-electron chi connectivity index (χ2n) is 3.80. The highest BCUT2D eigenvalue weighted by molar-refractivity contribution is 5.73. The van der Waals surface area contributed by atoms with Gasteiger partial charge in [0.05, 0.1) is 6.54 Å². The van der Waals surface area contributed by atoms with Crippen LogP contribution in [-0.2, 0) is 11.3 Å². The standard InChI is InChI=1S/C10H16N4O3/c1-7(4-9(15)16)5-13-10(17)14-6-8-11-2-3-12-8/h2-3,7H,4-6H2,1H3,(H,11,12)(H,15,16)(H2,13,14,17). The van der Waals surface area contributed by atoms with Crippen LogP contribution in [0.2, 0.25) is 0 Å². The lowest BCUT2D eigenvalue weighted by molar-refractivity contribution is -0.137. The third-order valence-corrected chi connectivity index (χ3v) is 2.11. The third kappa shape index (κ3) is 5.55. The molecule has 1 heterocycles. The van der Waals surface area contributed by atoms with Gasteiger partial charge in [0.2, 0.25) is 0 Å². The molecule has 0 bridgehead atoms. The molecule has 0 aliphatic heterocycles. The van der Waals surface area contributed by atoms with E-state index in [9.17, 15) is 9.59 Å². The molecule has 0 saturated heterocycles. The highest BCUT2D eigenvalue weighted by atomic mass is 16.4. The van der Waals surface area contributed by atoms with Gasteiger partial charge in [0.1, 0.15) is 5.82 Å². The molecule has 1 rings (SSSR count). The smallest absolute Gasteiger partial charge is 0.315 e. The average Bonchev–Trinajstić information content (AvgIpc) is 2.75. The van der Waals surface area contributed by atoms with Crippen LogP contribution in [-0.4, -0.2) is 33.6 Å². The lowest BCUT2D eigenvalue weighted by atomic mass is 10.1. The third-order valence-electron chi connectivity index (χ3n) is 2.11. The summed E-state index contributed by atoms with van der Waals surface area (Å²) in [6.45, 7) is 2.41. The summed E-state index contributed by atoms with van der Waals surface area (Å²) < 4.78 is 0. The number of hydrogen-bond donors (Lipinski definition) is 4. The molecule has 0 aliphatic carbocycles. The Balaban J connectivity index is 2.15. The fourth-order valence-electron chi connectivity index (χ4n) is 1.26. The van der Waals surface area contributed by atoms with E-state index in [1.807, 2.05) is 0 Å². The zero-order valence-corrected chi connectivity index (χ0v) is 9.56. The number of rotatable bonds is 6. The lowest BCUT2D eigenvalue weighted by Gasteiger charge is -2.10. The quantitative estimate of drug-likeness (QED) is 0.574. The maximum atomic E-state index is 11.3. The maximum absolute atomic E-state index is 11.3. The van der Waals surface area contributed by atoms with Crippen molar-refractivity contribution in [3.05, 3.63) is 18.2 Å². The minimum Gasteiger partial charge on any atom is -0.481 e. The minimum absolute atomic E-state index is 0.0401. The van der Waals surface area contributed by atoms with Gasteiger partial charge in [-0.15, -0.1) is 0 Å². The summed E-state index contributed by atoms with van der Waals surface area (Å²) in [5.41, 5.74) is 0. The summed E-state index contributed by atoms with van der Waals surface area (Å²) in [7, 11) is 0. The van der Waals surface area contributed by atoms with Crippen LogP contribution in [0.4, 0.5) is 4.79 Å². The number of carbonyl (C=O) groups is 2. The van der Waals surface area contributed by atoms with Gasteiger partial charge in [-0.05, 0) is 5.92 Å². The molecule has 0 fully saturated rings. The lowest BCUT2D eigenvalue weighted by Crippen LogP contribution is -2.37. The van der Waals surface area contributed by atoms with Gasteiger partial charge in [0.25, 0.3) is 0 Å². The molecule has 1 atom stereocenters. The largest absolute Gasteiger partial charge is 0.481 e. The summed E-state index contributed by atoms with van der Waals surface area (Å²) in [6, 6.07) is -0.335. The molecule has 7 nitrogen and oxygen atoms in total. The van der Waals surface area contributed by atoms with Crippen LogP contribution in [0.5, 0.6) is 0 Å². The molecule has 1 unspecified atom stereocenters. The Kier molecular flexibility index (Phi) is 4.99. The van der Waals surface area contributed by atoms with Crippen molar-refractivity contribution in [3.63, 3.8) is 0 Å². The zero-order valence-electron chi connectivity index (χ0n) is 9.56. The van der Waals surface area contributed by atoms with E-state index in [0.29, 0.717) is 18.9 Å². The average molecular weight is 240 g/mol. The molecule has 2 amide bonds. The molecule has 1 aromatic heterocycles. The second kappa shape index (κ2) is 6.51. The number of aromatic amines is 1. The Bertz CT molecular complexity index is 364. The molecule has 0 aromatic carbocycles. The molecule has 0 radical (unpaired) electrons. The molecule has 1 aromatic rings. The van der Waals surface area contributed by atoms with Crippen molar-refractivity contribution in [3.8, 4) is 0 Å². The van der Waals surface area contributed by atoms with Crippen LogP contribution in [0.15, 0.2) is 12.4 Å². The summed E-state index contributed by atoms with van der Waals surface area (Å²) in [6.07, 6.45) is 3.31. The van der Waals surface area contributed by atoms with Crippen LogP contribution in [0.25, 0.3) is 0 Å². The van der Waals surface area contributed by atoms with E-state index in [0.717, 1.165) is 0 Å². The van der Waals surface area contributed by atoms with Crippen LogP contribution in [0, 0.1) is 5.92 Å². The molecule has 94 valence electrons. The van der Waals surface area contributed by atoms with E-state index in [2.05, 4.69) is 20.6 Å². The number of carbonyl (C=O) groups excluding carboxylic acids is 1.